The van der Waals surface area contributed by atoms with Gasteiger partial charge in [0, 0.05) is 33.1 Å². The van der Waals surface area contributed by atoms with Crippen molar-refractivity contribution in [3.05, 3.63) is 52.0 Å². The molecular weight excluding hydrogens is 344 g/mol. The first kappa shape index (κ1) is 18.9. The van der Waals surface area contributed by atoms with E-state index in [9.17, 15) is 0 Å². The molecule has 1 aromatic carbocycles. The third kappa shape index (κ3) is 4.62. The summed E-state index contributed by atoms with van der Waals surface area (Å²) in [4.78, 5) is 11.2. The number of nitrogens with one attached hydrogen (secondary N) is 1. The molecule has 1 saturated carbocycles. The smallest absolute Gasteiger partial charge is 0.193 e. The Morgan fingerprint density at radius 1 is 1.42 bits per heavy atom. The number of guanidine groups is 1. The van der Waals surface area contributed by atoms with Crippen LogP contribution in [-0.4, -0.2) is 43.6 Å². The highest BCUT2D eigenvalue weighted by Gasteiger charge is 2.37. The number of rotatable bonds is 7. The molecule has 5 nitrogen and oxygen atoms in total. The van der Waals surface area contributed by atoms with Gasteiger partial charge >= 0.3 is 0 Å². The van der Waals surface area contributed by atoms with Crippen LogP contribution in [0.5, 0.6) is 0 Å². The van der Waals surface area contributed by atoms with Gasteiger partial charge in [-0.3, -0.25) is 4.99 Å². The molecule has 2 aromatic rings. The lowest BCUT2D eigenvalue weighted by Crippen LogP contribution is -2.39. The lowest BCUT2D eigenvalue weighted by Gasteiger charge is -2.21. The highest BCUT2D eigenvalue weighted by atomic mass is 32.1. The minimum absolute atomic E-state index is 0.0429. The number of hydrogen-bond donors (Lipinski definition) is 1. The Hall–Kier alpha value is -1.92. The van der Waals surface area contributed by atoms with Gasteiger partial charge in [0.05, 0.1) is 12.2 Å². The van der Waals surface area contributed by atoms with Gasteiger partial charge in [0.25, 0.3) is 0 Å². The fourth-order valence-electron chi connectivity index (χ4n) is 3.19. The Balaban J connectivity index is 1.49. The quantitative estimate of drug-likeness (QED) is 0.595. The Labute approximate surface area is 160 Å². The third-order valence-electron chi connectivity index (χ3n) is 4.92. The van der Waals surface area contributed by atoms with Crippen molar-refractivity contribution in [3.63, 3.8) is 0 Å². The second-order valence-electron chi connectivity index (χ2n) is 6.85. The first-order chi connectivity index (χ1) is 12.6. The number of aliphatic imine (C=N–C) groups is 1. The summed E-state index contributed by atoms with van der Waals surface area (Å²) in [6, 6.07) is 10.8. The Bertz CT molecular complexity index is 730. The second-order valence-corrected chi connectivity index (χ2v) is 7.74. The van der Waals surface area contributed by atoms with Crippen molar-refractivity contribution < 1.29 is 4.74 Å². The van der Waals surface area contributed by atoms with Gasteiger partial charge in [-0.15, -0.1) is 11.3 Å². The summed E-state index contributed by atoms with van der Waals surface area (Å²) < 4.78 is 5.34. The van der Waals surface area contributed by atoms with E-state index in [-0.39, 0.29) is 6.10 Å². The highest BCUT2D eigenvalue weighted by molar-refractivity contribution is 7.09. The molecule has 0 amide bonds. The van der Waals surface area contributed by atoms with Crippen LogP contribution in [0.4, 0.5) is 0 Å². The predicted molar refractivity (Wildman–Crippen MR) is 108 cm³/mol. The zero-order valence-corrected chi connectivity index (χ0v) is 16.8. The van der Waals surface area contributed by atoms with Gasteiger partial charge in [-0.05, 0) is 30.7 Å². The Morgan fingerprint density at radius 2 is 2.19 bits per heavy atom. The Kier molecular flexibility index (Phi) is 6.27. The van der Waals surface area contributed by atoms with Crippen molar-refractivity contribution in [3.8, 4) is 0 Å². The molecule has 0 spiro atoms. The van der Waals surface area contributed by atoms with Gasteiger partial charge in [-0.2, -0.15) is 0 Å². The molecule has 26 heavy (non-hydrogen) atoms. The lowest BCUT2D eigenvalue weighted by atomic mass is 10.1. The SMILES string of the molecule is CN=C(NCC1CC1c1ccccc1)N(C)Cc1csc(C(C)OC)n1. The van der Waals surface area contributed by atoms with Gasteiger partial charge in [-0.1, -0.05) is 30.3 Å². The standard InChI is InChI=1S/C20H28N4OS/c1-14(25-4)19-23-17(13-26-19)12-24(3)20(21-2)22-11-16-10-18(16)15-8-6-5-7-9-15/h5-9,13-14,16,18H,10-12H2,1-4H3,(H,21,22). The largest absolute Gasteiger partial charge is 0.375 e. The highest BCUT2D eigenvalue weighted by Crippen LogP contribution is 2.46. The summed E-state index contributed by atoms with van der Waals surface area (Å²) in [6.07, 6.45) is 1.29. The number of thiazole rings is 1. The lowest BCUT2D eigenvalue weighted by molar-refractivity contribution is 0.119. The zero-order chi connectivity index (χ0) is 18.5. The molecule has 3 atom stereocenters. The number of aromatic nitrogens is 1. The van der Waals surface area contributed by atoms with Gasteiger partial charge in [0.1, 0.15) is 11.1 Å². The summed E-state index contributed by atoms with van der Waals surface area (Å²) in [6.45, 7) is 3.71. The fourth-order valence-corrected chi connectivity index (χ4v) is 4.03. The van der Waals surface area contributed by atoms with Gasteiger partial charge in [-0.25, -0.2) is 4.98 Å². The molecule has 1 aromatic heterocycles. The molecule has 1 aliphatic rings. The van der Waals surface area contributed by atoms with E-state index in [0.717, 1.165) is 29.8 Å². The third-order valence-corrected chi connectivity index (χ3v) is 5.97. The second kappa shape index (κ2) is 8.64. The molecule has 1 fully saturated rings. The van der Waals surface area contributed by atoms with E-state index in [0.29, 0.717) is 11.8 Å². The van der Waals surface area contributed by atoms with Crippen LogP contribution in [0.3, 0.4) is 0 Å². The van der Waals surface area contributed by atoms with Crippen LogP contribution in [0, 0.1) is 5.92 Å². The molecule has 1 heterocycles. The van der Waals surface area contributed by atoms with Crippen LogP contribution >= 0.6 is 11.3 Å². The van der Waals surface area contributed by atoms with Gasteiger partial charge < -0.3 is 15.0 Å². The van der Waals surface area contributed by atoms with Crippen LogP contribution < -0.4 is 5.32 Å². The van der Waals surface area contributed by atoms with Crippen LogP contribution in [0.15, 0.2) is 40.7 Å². The summed E-state index contributed by atoms with van der Waals surface area (Å²) in [5.41, 5.74) is 2.50. The summed E-state index contributed by atoms with van der Waals surface area (Å²) in [5.74, 6) is 2.29. The van der Waals surface area contributed by atoms with Crippen LogP contribution in [0.2, 0.25) is 0 Å². The maximum Gasteiger partial charge on any atom is 0.193 e. The van der Waals surface area contributed by atoms with E-state index in [1.54, 1.807) is 18.4 Å². The van der Waals surface area contributed by atoms with Gasteiger partial charge in [0.2, 0.25) is 0 Å². The molecule has 0 aliphatic heterocycles. The van der Waals surface area contributed by atoms with E-state index in [2.05, 4.69) is 63.0 Å². The van der Waals surface area contributed by atoms with Gasteiger partial charge in [0.15, 0.2) is 5.96 Å². The van der Waals surface area contributed by atoms with E-state index in [1.807, 2.05) is 14.0 Å². The first-order valence-electron chi connectivity index (χ1n) is 9.06. The minimum atomic E-state index is 0.0429. The number of hydrogen-bond acceptors (Lipinski definition) is 4. The van der Waals surface area contributed by atoms with E-state index < -0.39 is 0 Å². The molecule has 140 valence electrons. The van der Waals surface area contributed by atoms with E-state index in [4.69, 9.17) is 4.74 Å². The summed E-state index contributed by atoms with van der Waals surface area (Å²) in [7, 11) is 5.60. The van der Waals surface area contributed by atoms with Crippen LogP contribution in [0.1, 0.15) is 41.6 Å². The topological polar surface area (TPSA) is 49.8 Å². The summed E-state index contributed by atoms with van der Waals surface area (Å²) >= 11 is 1.65. The first-order valence-corrected chi connectivity index (χ1v) is 9.94. The minimum Gasteiger partial charge on any atom is -0.375 e. The molecule has 3 rings (SSSR count). The van der Waals surface area contributed by atoms with Crippen molar-refractivity contribution >= 4 is 17.3 Å². The molecule has 1 aliphatic carbocycles. The zero-order valence-electron chi connectivity index (χ0n) is 16.0. The van der Waals surface area contributed by atoms with E-state index >= 15 is 0 Å². The summed E-state index contributed by atoms with van der Waals surface area (Å²) in [5, 5.41) is 6.63. The van der Waals surface area contributed by atoms with Crippen LogP contribution in [-0.2, 0) is 11.3 Å². The molecule has 3 unspecified atom stereocenters. The maximum absolute atomic E-state index is 5.34. The van der Waals surface area contributed by atoms with Crippen molar-refractivity contribution in [2.45, 2.75) is 31.9 Å². The maximum atomic E-state index is 5.34. The fraction of sp³-hybridized carbons (Fsp3) is 0.500. The molecule has 0 radical (unpaired) electrons. The van der Waals surface area contributed by atoms with Crippen molar-refractivity contribution in [2.24, 2.45) is 10.9 Å². The molecule has 0 saturated heterocycles. The predicted octanol–water partition coefficient (Wildman–Crippen LogP) is 3.66. The van der Waals surface area contributed by atoms with Crippen molar-refractivity contribution in [1.29, 1.82) is 0 Å². The van der Waals surface area contributed by atoms with Crippen LogP contribution in [0.25, 0.3) is 0 Å². The Morgan fingerprint density at radius 3 is 2.88 bits per heavy atom. The molecular formula is C20H28N4OS. The van der Waals surface area contributed by atoms with Crippen molar-refractivity contribution in [2.75, 3.05) is 27.7 Å². The van der Waals surface area contributed by atoms with E-state index in [1.165, 1.54) is 12.0 Å². The normalized spacial score (nSPS) is 20.7. The monoisotopic (exact) mass is 372 g/mol. The molecule has 0 bridgehead atoms. The average molecular weight is 373 g/mol. The van der Waals surface area contributed by atoms with Crippen molar-refractivity contribution in [1.82, 2.24) is 15.2 Å². The number of nitrogens with zero attached hydrogens (tertiary/aromatic N) is 3. The number of benzene rings is 1. The molecule has 1 N–H and O–H groups in total. The number of methoxy groups -OCH3 is 1. The molecule has 6 heteroatoms. The average Bonchev–Trinajstić information content (AvgIpc) is 3.30. The number of ether oxygens (including phenoxy) is 1.